The Kier molecular flexibility index (Phi) is 5.02. The number of ether oxygens (including phenoxy) is 2. The van der Waals surface area contributed by atoms with E-state index < -0.39 is 0 Å². The van der Waals surface area contributed by atoms with Gasteiger partial charge < -0.3 is 9.47 Å². The van der Waals surface area contributed by atoms with Gasteiger partial charge in [0.1, 0.15) is 11.5 Å². The number of nitrogens with zero attached hydrogens (tertiary/aromatic N) is 1. The maximum absolute atomic E-state index is 6.06. The number of aliphatic imine (C=N–C) groups is 1. The molecule has 2 aromatic carbocycles. The molecule has 0 radical (unpaired) electrons. The van der Waals surface area contributed by atoms with E-state index in [-0.39, 0.29) is 0 Å². The first-order chi connectivity index (χ1) is 9.72. The second kappa shape index (κ2) is 6.96. The number of hydrogen-bond acceptors (Lipinski definition) is 3. The van der Waals surface area contributed by atoms with Crippen molar-refractivity contribution in [2.45, 2.75) is 6.92 Å². The van der Waals surface area contributed by atoms with Crippen LogP contribution in [0.25, 0.3) is 0 Å². The lowest BCUT2D eigenvalue weighted by Gasteiger charge is -2.03. The monoisotopic (exact) mass is 289 g/mol. The molecule has 0 saturated carbocycles. The predicted molar refractivity (Wildman–Crippen MR) is 82.9 cm³/mol. The molecule has 0 aliphatic carbocycles. The molecular weight excluding hydrogens is 274 g/mol. The van der Waals surface area contributed by atoms with Gasteiger partial charge in [0, 0.05) is 6.21 Å². The van der Waals surface area contributed by atoms with Crippen molar-refractivity contribution in [3.8, 4) is 11.5 Å². The van der Waals surface area contributed by atoms with Crippen LogP contribution in [0.15, 0.2) is 47.5 Å². The molecule has 2 aromatic rings. The van der Waals surface area contributed by atoms with Crippen LogP contribution in [0.4, 0.5) is 5.69 Å². The Balaban J connectivity index is 2.10. The minimum absolute atomic E-state index is 0.572. The van der Waals surface area contributed by atoms with Crippen LogP contribution >= 0.6 is 11.6 Å². The Labute approximate surface area is 123 Å². The van der Waals surface area contributed by atoms with Gasteiger partial charge in [-0.05, 0) is 55.0 Å². The summed E-state index contributed by atoms with van der Waals surface area (Å²) in [6, 6.07) is 13.2. The fraction of sp³-hybridized carbons (Fsp3) is 0.188. The van der Waals surface area contributed by atoms with Crippen LogP contribution in [0.1, 0.15) is 12.5 Å². The fourth-order valence-corrected chi connectivity index (χ4v) is 1.97. The number of benzene rings is 2. The van der Waals surface area contributed by atoms with E-state index >= 15 is 0 Å². The molecule has 0 heterocycles. The first-order valence-electron chi connectivity index (χ1n) is 6.33. The summed E-state index contributed by atoms with van der Waals surface area (Å²) in [6.45, 7) is 2.62. The van der Waals surface area contributed by atoms with Gasteiger partial charge in [-0.3, -0.25) is 4.99 Å². The highest BCUT2D eigenvalue weighted by Gasteiger charge is 2.00. The molecule has 3 nitrogen and oxygen atoms in total. The highest BCUT2D eigenvalue weighted by Crippen LogP contribution is 2.24. The van der Waals surface area contributed by atoms with Gasteiger partial charge in [-0.1, -0.05) is 11.6 Å². The summed E-state index contributed by atoms with van der Waals surface area (Å²) in [5.41, 5.74) is 1.78. The van der Waals surface area contributed by atoms with E-state index in [1.807, 2.05) is 49.4 Å². The molecule has 2 rings (SSSR count). The molecule has 0 atom stereocenters. The number of hydrogen-bond donors (Lipinski definition) is 0. The number of methoxy groups -OCH3 is 1. The molecule has 0 saturated heterocycles. The van der Waals surface area contributed by atoms with Crippen LogP contribution < -0.4 is 9.47 Å². The molecule has 0 spiro atoms. The van der Waals surface area contributed by atoms with Crippen molar-refractivity contribution in [3.05, 3.63) is 53.1 Å². The van der Waals surface area contributed by atoms with Gasteiger partial charge in [-0.15, -0.1) is 0 Å². The molecule has 104 valence electrons. The molecule has 20 heavy (non-hydrogen) atoms. The third-order valence-electron chi connectivity index (χ3n) is 2.69. The zero-order valence-corrected chi connectivity index (χ0v) is 12.2. The Morgan fingerprint density at radius 1 is 1.15 bits per heavy atom. The lowest BCUT2D eigenvalue weighted by atomic mass is 10.2. The van der Waals surface area contributed by atoms with Gasteiger partial charge >= 0.3 is 0 Å². The van der Waals surface area contributed by atoms with Crippen LogP contribution in [0.3, 0.4) is 0 Å². The van der Waals surface area contributed by atoms with E-state index in [4.69, 9.17) is 21.1 Å². The predicted octanol–water partition coefficient (Wildman–Crippen LogP) is 4.50. The quantitative estimate of drug-likeness (QED) is 0.759. The molecule has 0 amide bonds. The summed E-state index contributed by atoms with van der Waals surface area (Å²) >= 11 is 6.06. The molecule has 0 N–H and O–H groups in total. The van der Waals surface area contributed by atoms with E-state index in [1.165, 1.54) is 0 Å². The lowest BCUT2D eigenvalue weighted by Crippen LogP contribution is -1.89. The van der Waals surface area contributed by atoms with Crippen molar-refractivity contribution >= 4 is 23.5 Å². The van der Waals surface area contributed by atoms with E-state index in [2.05, 4.69) is 4.99 Å². The summed E-state index contributed by atoms with van der Waals surface area (Å²) in [5.74, 6) is 1.50. The molecule has 0 aliphatic rings. The van der Waals surface area contributed by atoms with Crippen LogP contribution in [0.2, 0.25) is 5.02 Å². The molecule has 0 aliphatic heterocycles. The normalized spacial score (nSPS) is 10.8. The zero-order valence-electron chi connectivity index (χ0n) is 11.5. The van der Waals surface area contributed by atoms with Gasteiger partial charge in [0.25, 0.3) is 0 Å². The highest BCUT2D eigenvalue weighted by atomic mass is 35.5. The van der Waals surface area contributed by atoms with Crippen LogP contribution in [0, 0.1) is 0 Å². The number of halogens is 1. The van der Waals surface area contributed by atoms with Crippen molar-refractivity contribution in [3.63, 3.8) is 0 Å². The standard InChI is InChI=1S/C16H16ClNO2/c1-3-20-14-7-5-13(6-8-14)18-11-12-4-9-16(19-2)15(17)10-12/h4-11H,3H2,1-2H3. The number of rotatable bonds is 5. The molecular formula is C16H16ClNO2. The second-order valence-corrected chi connectivity index (χ2v) is 4.49. The van der Waals surface area contributed by atoms with Crippen molar-refractivity contribution in [2.24, 2.45) is 4.99 Å². The summed E-state index contributed by atoms with van der Waals surface area (Å²) in [6.07, 6.45) is 1.76. The van der Waals surface area contributed by atoms with Crippen molar-refractivity contribution in [2.75, 3.05) is 13.7 Å². The third kappa shape index (κ3) is 3.75. The SMILES string of the molecule is CCOc1ccc(N=Cc2ccc(OC)c(Cl)c2)cc1. The molecule has 0 aromatic heterocycles. The highest BCUT2D eigenvalue weighted by molar-refractivity contribution is 6.32. The molecule has 0 fully saturated rings. The summed E-state index contributed by atoms with van der Waals surface area (Å²) in [7, 11) is 1.59. The van der Waals surface area contributed by atoms with Gasteiger partial charge in [0.2, 0.25) is 0 Å². The van der Waals surface area contributed by atoms with Gasteiger partial charge in [-0.2, -0.15) is 0 Å². The maximum atomic E-state index is 6.06. The molecule has 0 unspecified atom stereocenters. The average Bonchev–Trinajstić information content (AvgIpc) is 2.47. The Morgan fingerprint density at radius 3 is 2.50 bits per heavy atom. The summed E-state index contributed by atoms with van der Waals surface area (Å²) in [4.78, 5) is 4.39. The topological polar surface area (TPSA) is 30.8 Å². The smallest absolute Gasteiger partial charge is 0.137 e. The summed E-state index contributed by atoms with van der Waals surface area (Å²) < 4.78 is 10.5. The molecule has 0 bridgehead atoms. The Morgan fingerprint density at radius 2 is 1.90 bits per heavy atom. The largest absolute Gasteiger partial charge is 0.495 e. The molecule has 4 heteroatoms. The first kappa shape index (κ1) is 14.4. The maximum Gasteiger partial charge on any atom is 0.137 e. The fourth-order valence-electron chi connectivity index (χ4n) is 1.71. The van der Waals surface area contributed by atoms with E-state index in [0.29, 0.717) is 17.4 Å². The lowest BCUT2D eigenvalue weighted by molar-refractivity contribution is 0.340. The van der Waals surface area contributed by atoms with Crippen LogP contribution in [-0.2, 0) is 0 Å². The van der Waals surface area contributed by atoms with Gasteiger partial charge in [0.05, 0.1) is 24.4 Å². The first-order valence-corrected chi connectivity index (χ1v) is 6.71. The van der Waals surface area contributed by atoms with E-state index in [9.17, 15) is 0 Å². The van der Waals surface area contributed by atoms with Crippen molar-refractivity contribution < 1.29 is 9.47 Å². The Bertz CT molecular complexity index is 594. The minimum Gasteiger partial charge on any atom is -0.495 e. The van der Waals surface area contributed by atoms with Gasteiger partial charge in [-0.25, -0.2) is 0 Å². The van der Waals surface area contributed by atoms with Gasteiger partial charge in [0.15, 0.2) is 0 Å². The third-order valence-corrected chi connectivity index (χ3v) is 2.98. The Hall–Kier alpha value is -2.00. The minimum atomic E-state index is 0.572. The van der Waals surface area contributed by atoms with E-state index in [1.54, 1.807) is 13.3 Å². The average molecular weight is 290 g/mol. The zero-order chi connectivity index (χ0) is 14.4. The van der Waals surface area contributed by atoms with E-state index in [0.717, 1.165) is 17.0 Å². The van der Waals surface area contributed by atoms with Crippen molar-refractivity contribution in [1.82, 2.24) is 0 Å². The van der Waals surface area contributed by atoms with Crippen molar-refractivity contribution in [1.29, 1.82) is 0 Å². The van der Waals surface area contributed by atoms with Crippen LogP contribution in [0.5, 0.6) is 11.5 Å². The van der Waals surface area contributed by atoms with Crippen LogP contribution in [-0.4, -0.2) is 19.9 Å². The second-order valence-electron chi connectivity index (χ2n) is 4.08. The summed E-state index contributed by atoms with van der Waals surface area (Å²) in [5, 5.41) is 0.572.